The molecule has 0 fully saturated rings. The Morgan fingerprint density at radius 2 is 1.90 bits per heavy atom. The standard InChI is InChI=1S/C22H16F2N6/c1-12(30-22-16(9-25)21(26)28-11-29-22)17-10-27-20-15(6-3-7-18(20)24)19(17)13-4-2-5-14(23)8-13/h2-8,10-12H,1H3,(H3,26,28,29,30). The van der Waals surface area contributed by atoms with E-state index in [-0.39, 0.29) is 22.7 Å². The molecule has 8 heteroatoms. The third-order valence-corrected chi connectivity index (χ3v) is 4.80. The van der Waals surface area contributed by atoms with Crippen LogP contribution in [0.3, 0.4) is 0 Å². The summed E-state index contributed by atoms with van der Waals surface area (Å²) in [4.78, 5) is 12.2. The summed E-state index contributed by atoms with van der Waals surface area (Å²) >= 11 is 0. The van der Waals surface area contributed by atoms with Gasteiger partial charge in [-0.05, 0) is 36.2 Å². The van der Waals surface area contributed by atoms with Gasteiger partial charge in [-0.15, -0.1) is 0 Å². The van der Waals surface area contributed by atoms with Gasteiger partial charge in [0.2, 0.25) is 0 Å². The summed E-state index contributed by atoms with van der Waals surface area (Å²) in [7, 11) is 0. The Hall–Kier alpha value is -4.12. The maximum absolute atomic E-state index is 14.4. The number of fused-ring (bicyclic) bond motifs is 1. The number of pyridine rings is 1. The molecule has 30 heavy (non-hydrogen) atoms. The van der Waals surface area contributed by atoms with E-state index in [2.05, 4.69) is 20.3 Å². The van der Waals surface area contributed by atoms with Crippen molar-refractivity contribution in [2.75, 3.05) is 11.1 Å². The van der Waals surface area contributed by atoms with Crippen LogP contribution in [0.25, 0.3) is 22.0 Å². The van der Waals surface area contributed by atoms with Crippen molar-refractivity contribution in [3.63, 3.8) is 0 Å². The van der Waals surface area contributed by atoms with Crippen LogP contribution >= 0.6 is 0 Å². The Morgan fingerprint density at radius 1 is 1.10 bits per heavy atom. The first kappa shape index (κ1) is 19.2. The lowest BCUT2D eigenvalue weighted by Crippen LogP contribution is -2.13. The molecule has 0 saturated carbocycles. The first-order chi connectivity index (χ1) is 14.5. The predicted molar refractivity (Wildman–Crippen MR) is 110 cm³/mol. The molecule has 0 radical (unpaired) electrons. The summed E-state index contributed by atoms with van der Waals surface area (Å²) < 4.78 is 28.3. The zero-order chi connectivity index (χ0) is 21.3. The van der Waals surface area contributed by atoms with Gasteiger partial charge < -0.3 is 11.1 Å². The van der Waals surface area contributed by atoms with Gasteiger partial charge in [0.05, 0.1) is 6.04 Å². The van der Waals surface area contributed by atoms with E-state index in [1.54, 1.807) is 30.5 Å². The van der Waals surface area contributed by atoms with Gasteiger partial charge in [0.25, 0.3) is 0 Å². The molecule has 2 aromatic carbocycles. The lowest BCUT2D eigenvalue weighted by Gasteiger charge is -2.21. The van der Waals surface area contributed by atoms with Crippen molar-refractivity contribution >= 4 is 22.5 Å². The van der Waals surface area contributed by atoms with Crippen molar-refractivity contribution in [3.8, 4) is 17.2 Å². The summed E-state index contributed by atoms with van der Waals surface area (Å²) in [6.45, 7) is 1.84. The molecule has 1 unspecified atom stereocenters. The molecule has 0 aliphatic carbocycles. The van der Waals surface area contributed by atoms with Crippen LogP contribution in [0.15, 0.2) is 55.0 Å². The molecule has 0 amide bonds. The molecule has 1 atom stereocenters. The minimum atomic E-state index is -0.465. The predicted octanol–water partition coefficient (Wildman–Crippen LogP) is 4.60. The maximum Gasteiger partial charge on any atom is 0.150 e. The molecular weight excluding hydrogens is 386 g/mol. The number of hydrogen-bond acceptors (Lipinski definition) is 6. The highest BCUT2D eigenvalue weighted by atomic mass is 19.1. The lowest BCUT2D eigenvalue weighted by atomic mass is 9.93. The van der Waals surface area contributed by atoms with Crippen LogP contribution in [0.4, 0.5) is 20.4 Å². The second-order valence-corrected chi connectivity index (χ2v) is 6.70. The molecule has 4 aromatic rings. The molecule has 0 bridgehead atoms. The van der Waals surface area contributed by atoms with Crippen LogP contribution in [0, 0.1) is 23.0 Å². The molecule has 0 saturated heterocycles. The first-order valence-electron chi connectivity index (χ1n) is 9.09. The third kappa shape index (κ3) is 3.37. The van der Waals surface area contributed by atoms with Gasteiger partial charge in [0, 0.05) is 17.1 Å². The Bertz CT molecular complexity index is 1300. The first-order valence-corrected chi connectivity index (χ1v) is 9.09. The average Bonchev–Trinajstić information content (AvgIpc) is 2.73. The minimum absolute atomic E-state index is 0.0614. The summed E-state index contributed by atoms with van der Waals surface area (Å²) in [6.07, 6.45) is 2.80. The number of nitrogens with one attached hydrogen (secondary N) is 1. The number of nitrogen functional groups attached to an aromatic ring is 1. The number of halogens is 2. The van der Waals surface area contributed by atoms with Crippen molar-refractivity contribution < 1.29 is 8.78 Å². The maximum atomic E-state index is 14.4. The normalized spacial score (nSPS) is 11.8. The van der Waals surface area contributed by atoms with Crippen LogP contribution in [0.2, 0.25) is 0 Å². The molecule has 2 heterocycles. The van der Waals surface area contributed by atoms with Crippen molar-refractivity contribution in [2.24, 2.45) is 0 Å². The highest BCUT2D eigenvalue weighted by molar-refractivity contribution is 5.96. The van der Waals surface area contributed by atoms with Gasteiger partial charge in [-0.25, -0.2) is 18.7 Å². The fourth-order valence-corrected chi connectivity index (χ4v) is 3.40. The van der Waals surface area contributed by atoms with Crippen molar-refractivity contribution in [2.45, 2.75) is 13.0 Å². The second-order valence-electron chi connectivity index (χ2n) is 6.70. The van der Waals surface area contributed by atoms with E-state index in [0.717, 1.165) is 0 Å². The van der Waals surface area contributed by atoms with Gasteiger partial charge >= 0.3 is 0 Å². The third-order valence-electron chi connectivity index (χ3n) is 4.80. The molecule has 0 spiro atoms. The Balaban J connectivity index is 1.90. The quantitative estimate of drug-likeness (QED) is 0.518. The zero-order valence-corrected chi connectivity index (χ0v) is 15.9. The zero-order valence-electron chi connectivity index (χ0n) is 15.9. The van der Waals surface area contributed by atoms with Crippen molar-refractivity contribution in [1.29, 1.82) is 5.26 Å². The van der Waals surface area contributed by atoms with E-state index in [0.29, 0.717) is 22.1 Å². The number of rotatable bonds is 4. The van der Waals surface area contributed by atoms with E-state index in [9.17, 15) is 14.0 Å². The molecule has 6 nitrogen and oxygen atoms in total. The van der Waals surface area contributed by atoms with Crippen molar-refractivity contribution in [1.82, 2.24) is 15.0 Å². The Labute approximate surface area is 171 Å². The van der Waals surface area contributed by atoms with Crippen LogP contribution in [-0.2, 0) is 0 Å². The molecular formula is C22H16F2N6. The summed E-state index contributed by atoms with van der Waals surface area (Å²) in [5, 5.41) is 13.1. The monoisotopic (exact) mass is 402 g/mol. The highest BCUT2D eigenvalue weighted by Crippen LogP contribution is 2.36. The van der Waals surface area contributed by atoms with E-state index < -0.39 is 17.7 Å². The number of para-hydroxylation sites is 1. The van der Waals surface area contributed by atoms with Gasteiger partial charge in [-0.2, -0.15) is 5.26 Å². The number of nitrogens with zero attached hydrogens (tertiary/aromatic N) is 4. The number of benzene rings is 2. The van der Waals surface area contributed by atoms with Crippen LogP contribution in [0.1, 0.15) is 24.1 Å². The molecule has 3 N–H and O–H groups in total. The molecule has 0 aliphatic heterocycles. The summed E-state index contributed by atoms with van der Waals surface area (Å²) in [5.74, 6) is -0.545. The number of aromatic nitrogens is 3. The topological polar surface area (TPSA) is 101 Å². The van der Waals surface area contributed by atoms with Crippen LogP contribution < -0.4 is 11.1 Å². The minimum Gasteiger partial charge on any atom is -0.382 e. The summed E-state index contributed by atoms with van der Waals surface area (Å²) in [6, 6.07) is 12.3. The molecule has 2 aromatic heterocycles. The van der Waals surface area contributed by atoms with E-state index in [4.69, 9.17) is 5.73 Å². The lowest BCUT2D eigenvalue weighted by molar-refractivity contribution is 0.628. The smallest absolute Gasteiger partial charge is 0.150 e. The fraction of sp³-hybridized carbons (Fsp3) is 0.0909. The van der Waals surface area contributed by atoms with E-state index >= 15 is 0 Å². The van der Waals surface area contributed by atoms with Crippen LogP contribution in [-0.4, -0.2) is 15.0 Å². The number of nitriles is 1. The average molecular weight is 402 g/mol. The Kier molecular flexibility index (Phi) is 4.94. The molecule has 0 aliphatic rings. The van der Waals surface area contributed by atoms with Gasteiger partial charge in [0.15, 0.2) is 0 Å². The second kappa shape index (κ2) is 7.72. The SMILES string of the molecule is CC(Nc1ncnc(N)c1C#N)c1cnc2c(F)cccc2c1-c1cccc(F)c1. The molecule has 148 valence electrons. The summed E-state index contributed by atoms with van der Waals surface area (Å²) in [5.41, 5.74) is 7.98. The van der Waals surface area contributed by atoms with Gasteiger partial charge in [-0.3, -0.25) is 4.98 Å². The number of anilines is 2. The van der Waals surface area contributed by atoms with E-state index in [1.165, 1.54) is 24.5 Å². The van der Waals surface area contributed by atoms with E-state index in [1.807, 2.05) is 13.0 Å². The van der Waals surface area contributed by atoms with Crippen LogP contribution in [0.5, 0.6) is 0 Å². The Morgan fingerprint density at radius 3 is 2.67 bits per heavy atom. The van der Waals surface area contributed by atoms with Crippen molar-refractivity contribution in [3.05, 3.63) is 77.8 Å². The van der Waals surface area contributed by atoms with Gasteiger partial charge in [0.1, 0.15) is 46.7 Å². The van der Waals surface area contributed by atoms with Gasteiger partial charge in [-0.1, -0.05) is 24.3 Å². The molecule has 4 rings (SSSR count). The fourth-order valence-electron chi connectivity index (χ4n) is 3.40. The number of hydrogen-bond donors (Lipinski definition) is 2. The number of nitrogens with two attached hydrogens (primary N) is 1. The largest absolute Gasteiger partial charge is 0.382 e. The highest BCUT2D eigenvalue weighted by Gasteiger charge is 2.20.